The van der Waals surface area contributed by atoms with Crippen LogP contribution in [-0.4, -0.2) is 35.2 Å². The number of ether oxygens (including phenoxy) is 1. The van der Waals surface area contributed by atoms with E-state index in [1.54, 1.807) is 17.9 Å². The quantitative estimate of drug-likeness (QED) is 0.658. The number of amides is 2. The number of fused-ring (bicyclic) bond motifs is 1. The summed E-state index contributed by atoms with van der Waals surface area (Å²) in [7, 11) is 1.57. The molecule has 0 spiro atoms. The number of carbonyl (C=O) groups is 2. The molecule has 2 amide bonds. The minimum atomic E-state index is -0.279. The maximum Gasteiger partial charge on any atom is 0.251 e. The lowest BCUT2D eigenvalue weighted by molar-refractivity contribution is -0.111. The Hall–Kier alpha value is -3.87. The number of nitrogens with zero attached hydrogens (tertiary/aromatic N) is 2. The van der Waals surface area contributed by atoms with Crippen LogP contribution in [0.15, 0.2) is 61.3 Å². The van der Waals surface area contributed by atoms with Crippen molar-refractivity contribution < 1.29 is 14.3 Å². The van der Waals surface area contributed by atoms with Crippen LogP contribution in [0, 0.1) is 0 Å². The SMILES string of the molecule is C=CC(=O)Nc1cccc(-n2cc(-c3ccc4c(c3)CCNC4=O)c(OC)n2)c1. The van der Waals surface area contributed by atoms with Gasteiger partial charge in [0, 0.05) is 24.0 Å². The van der Waals surface area contributed by atoms with Gasteiger partial charge in [0.2, 0.25) is 11.8 Å². The van der Waals surface area contributed by atoms with Crippen molar-refractivity contribution in [3.63, 3.8) is 0 Å². The average Bonchev–Trinajstić information content (AvgIpc) is 3.18. The predicted octanol–water partition coefficient (Wildman–Crippen LogP) is 2.96. The highest BCUT2D eigenvalue weighted by Crippen LogP contribution is 2.32. The Morgan fingerprint density at radius 1 is 1.28 bits per heavy atom. The van der Waals surface area contributed by atoms with Gasteiger partial charge in [-0.25, -0.2) is 4.68 Å². The number of methoxy groups -OCH3 is 1. The van der Waals surface area contributed by atoms with E-state index >= 15 is 0 Å². The predicted molar refractivity (Wildman–Crippen MR) is 110 cm³/mol. The molecule has 4 rings (SSSR count). The number of anilines is 1. The lowest BCUT2D eigenvalue weighted by atomic mass is 9.96. The highest BCUT2D eigenvalue weighted by atomic mass is 16.5. The summed E-state index contributed by atoms with van der Waals surface area (Å²) in [5.74, 6) is 0.156. The first-order valence-corrected chi connectivity index (χ1v) is 9.18. The number of aromatic nitrogens is 2. The zero-order chi connectivity index (χ0) is 20.4. The number of benzene rings is 2. The molecule has 2 N–H and O–H groups in total. The van der Waals surface area contributed by atoms with Gasteiger partial charge in [0.15, 0.2) is 0 Å². The third-order valence-corrected chi connectivity index (χ3v) is 4.78. The Morgan fingerprint density at radius 3 is 2.93 bits per heavy atom. The van der Waals surface area contributed by atoms with Gasteiger partial charge < -0.3 is 15.4 Å². The molecule has 146 valence electrons. The third kappa shape index (κ3) is 3.62. The molecule has 29 heavy (non-hydrogen) atoms. The highest BCUT2D eigenvalue weighted by Gasteiger charge is 2.19. The van der Waals surface area contributed by atoms with Crippen molar-refractivity contribution in [1.82, 2.24) is 15.1 Å². The van der Waals surface area contributed by atoms with Crippen molar-refractivity contribution in [2.24, 2.45) is 0 Å². The van der Waals surface area contributed by atoms with E-state index in [-0.39, 0.29) is 11.8 Å². The number of rotatable bonds is 5. The number of hydrogen-bond donors (Lipinski definition) is 2. The van der Waals surface area contributed by atoms with Crippen LogP contribution in [0.25, 0.3) is 16.8 Å². The summed E-state index contributed by atoms with van der Waals surface area (Å²) in [4.78, 5) is 23.5. The largest absolute Gasteiger partial charge is 0.479 e. The Bertz CT molecular complexity index is 1120. The molecule has 1 aliphatic rings. The van der Waals surface area contributed by atoms with Crippen LogP contribution in [0.1, 0.15) is 15.9 Å². The number of carbonyl (C=O) groups excluding carboxylic acids is 2. The third-order valence-electron chi connectivity index (χ3n) is 4.78. The summed E-state index contributed by atoms with van der Waals surface area (Å²) in [5.41, 5.74) is 4.88. The Balaban J connectivity index is 1.71. The minimum absolute atomic E-state index is 0.0427. The van der Waals surface area contributed by atoms with E-state index in [9.17, 15) is 9.59 Å². The maximum absolute atomic E-state index is 12.0. The molecule has 7 heteroatoms. The molecule has 0 saturated carbocycles. The lowest BCUT2D eigenvalue weighted by Gasteiger charge is -2.17. The number of nitrogens with one attached hydrogen (secondary N) is 2. The molecule has 3 aromatic rings. The van der Waals surface area contributed by atoms with Crippen LogP contribution < -0.4 is 15.4 Å². The van der Waals surface area contributed by atoms with E-state index in [0.29, 0.717) is 23.7 Å². The van der Waals surface area contributed by atoms with Crippen LogP contribution in [0.2, 0.25) is 0 Å². The zero-order valence-electron chi connectivity index (χ0n) is 15.9. The van der Waals surface area contributed by atoms with Crippen LogP contribution in [0.4, 0.5) is 5.69 Å². The molecule has 2 heterocycles. The Kier molecular flexibility index (Phi) is 4.87. The Morgan fingerprint density at radius 2 is 2.14 bits per heavy atom. The molecule has 0 saturated heterocycles. The van der Waals surface area contributed by atoms with Gasteiger partial charge in [0.25, 0.3) is 5.91 Å². The van der Waals surface area contributed by atoms with Crippen molar-refractivity contribution in [2.75, 3.05) is 19.0 Å². The zero-order valence-corrected chi connectivity index (χ0v) is 15.9. The molecule has 1 aromatic heterocycles. The van der Waals surface area contributed by atoms with E-state index in [4.69, 9.17) is 4.74 Å². The first kappa shape index (κ1) is 18.5. The normalized spacial score (nSPS) is 12.7. The molecule has 1 aliphatic heterocycles. The molecule has 7 nitrogen and oxygen atoms in total. The summed E-state index contributed by atoms with van der Waals surface area (Å²) < 4.78 is 7.18. The fourth-order valence-electron chi connectivity index (χ4n) is 3.35. The van der Waals surface area contributed by atoms with Gasteiger partial charge in [-0.15, -0.1) is 5.10 Å². The molecule has 2 aromatic carbocycles. The molecule has 0 radical (unpaired) electrons. The summed E-state index contributed by atoms with van der Waals surface area (Å²) in [6.45, 7) is 4.09. The van der Waals surface area contributed by atoms with Gasteiger partial charge in [-0.2, -0.15) is 0 Å². The van der Waals surface area contributed by atoms with Crippen LogP contribution >= 0.6 is 0 Å². The second-order valence-electron chi connectivity index (χ2n) is 6.62. The fraction of sp³-hybridized carbons (Fsp3) is 0.136. The number of hydrogen-bond acceptors (Lipinski definition) is 4. The molecular formula is C22H20N4O3. The molecule has 0 aliphatic carbocycles. The summed E-state index contributed by atoms with van der Waals surface area (Å²) in [5, 5.41) is 10.1. The van der Waals surface area contributed by atoms with Gasteiger partial charge >= 0.3 is 0 Å². The fourth-order valence-corrected chi connectivity index (χ4v) is 3.35. The summed E-state index contributed by atoms with van der Waals surface area (Å²) in [6.07, 6.45) is 3.88. The first-order valence-electron chi connectivity index (χ1n) is 9.18. The second-order valence-corrected chi connectivity index (χ2v) is 6.62. The second kappa shape index (κ2) is 7.63. The van der Waals surface area contributed by atoms with Crippen LogP contribution in [-0.2, 0) is 11.2 Å². The van der Waals surface area contributed by atoms with E-state index in [0.717, 1.165) is 28.8 Å². The monoisotopic (exact) mass is 388 g/mol. The van der Waals surface area contributed by atoms with Crippen molar-refractivity contribution in [3.8, 4) is 22.7 Å². The van der Waals surface area contributed by atoms with Crippen LogP contribution in [0.5, 0.6) is 5.88 Å². The maximum atomic E-state index is 12.0. The topological polar surface area (TPSA) is 85.2 Å². The molecule has 0 bridgehead atoms. The van der Waals surface area contributed by atoms with Gasteiger partial charge in [-0.1, -0.05) is 24.8 Å². The minimum Gasteiger partial charge on any atom is -0.479 e. The molecular weight excluding hydrogens is 368 g/mol. The average molecular weight is 388 g/mol. The van der Waals surface area contributed by atoms with Crippen molar-refractivity contribution in [2.45, 2.75) is 6.42 Å². The standard InChI is InChI=1S/C22H20N4O3/c1-3-20(27)24-16-5-4-6-17(12-16)26-13-19(22(25-26)29-2)14-7-8-18-15(11-14)9-10-23-21(18)28/h3-8,11-13H,1,9-10H2,2H3,(H,23,28)(H,24,27). The van der Waals surface area contributed by atoms with Crippen molar-refractivity contribution >= 4 is 17.5 Å². The Labute approximate surface area is 168 Å². The van der Waals surface area contributed by atoms with Gasteiger partial charge in [-0.3, -0.25) is 9.59 Å². The van der Waals surface area contributed by atoms with E-state index in [1.165, 1.54) is 6.08 Å². The van der Waals surface area contributed by atoms with E-state index in [1.807, 2.05) is 42.6 Å². The highest BCUT2D eigenvalue weighted by molar-refractivity contribution is 5.99. The van der Waals surface area contributed by atoms with E-state index in [2.05, 4.69) is 22.3 Å². The smallest absolute Gasteiger partial charge is 0.251 e. The van der Waals surface area contributed by atoms with Crippen molar-refractivity contribution in [3.05, 3.63) is 72.4 Å². The van der Waals surface area contributed by atoms with Gasteiger partial charge in [0.1, 0.15) is 0 Å². The summed E-state index contributed by atoms with van der Waals surface area (Å²) in [6, 6.07) is 13.1. The van der Waals surface area contributed by atoms with Gasteiger partial charge in [0.05, 0.1) is 18.4 Å². The van der Waals surface area contributed by atoms with Crippen LogP contribution in [0.3, 0.4) is 0 Å². The molecule has 0 fully saturated rings. The first-order chi connectivity index (χ1) is 14.1. The lowest BCUT2D eigenvalue weighted by Crippen LogP contribution is -2.31. The van der Waals surface area contributed by atoms with Crippen molar-refractivity contribution in [1.29, 1.82) is 0 Å². The van der Waals surface area contributed by atoms with E-state index < -0.39 is 0 Å². The molecule has 0 unspecified atom stereocenters. The van der Waals surface area contributed by atoms with Gasteiger partial charge in [-0.05, 0) is 47.9 Å². The summed E-state index contributed by atoms with van der Waals surface area (Å²) >= 11 is 0. The molecule has 0 atom stereocenters.